The van der Waals surface area contributed by atoms with Crippen molar-refractivity contribution in [3.05, 3.63) is 32.8 Å². The van der Waals surface area contributed by atoms with E-state index in [1.54, 1.807) is 0 Å². The molecule has 12 heavy (non-hydrogen) atoms. The lowest BCUT2D eigenvalue weighted by atomic mass is 10.3. The van der Waals surface area contributed by atoms with Crippen LogP contribution in [0.25, 0.3) is 0 Å². The molecule has 4 nitrogen and oxygen atoms in total. The van der Waals surface area contributed by atoms with E-state index in [1.807, 2.05) is 0 Å². The van der Waals surface area contributed by atoms with E-state index < -0.39 is 4.92 Å². The summed E-state index contributed by atoms with van der Waals surface area (Å²) in [6.07, 6.45) is 0. The summed E-state index contributed by atoms with van der Waals surface area (Å²) >= 11 is 2.96. The number of benzene rings is 1. The highest BCUT2D eigenvalue weighted by molar-refractivity contribution is 9.10. The predicted octanol–water partition coefficient (Wildman–Crippen LogP) is 2.64. The second-order valence-electron chi connectivity index (χ2n) is 1.89. The fraction of sp³-hybridized carbons (Fsp3) is 0. The topological polar surface area (TPSA) is 63.4 Å². The summed E-state index contributed by atoms with van der Waals surface area (Å²) in [6.45, 7) is 0. The van der Waals surface area contributed by atoms with Crippen molar-refractivity contribution in [3.8, 4) is 5.75 Å². The van der Waals surface area contributed by atoms with Gasteiger partial charge in [0, 0.05) is 12.1 Å². The minimum atomic E-state index is -0.524. The van der Waals surface area contributed by atoms with Crippen molar-refractivity contribution >= 4 is 38.6 Å². The zero-order valence-electron chi connectivity index (χ0n) is 5.73. The van der Waals surface area contributed by atoms with Crippen LogP contribution in [0.5, 0.6) is 5.75 Å². The van der Waals surface area contributed by atoms with E-state index in [1.165, 1.54) is 18.2 Å². The fourth-order valence-electron chi connectivity index (χ4n) is 0.609. The number of non-ortho nitro benzene ring substituents is 1. The van der Waals surface area contributed by atoms with Crippen molar-refractivity contribution in [2.24, 2.45) is 0 Å². The van der Waals surface area contributed by atoms with Crippen LogP contribution in [0, 0.1) is 10.1 Å². The molecular formula is C6H5Br2NO3. The molecule has 0 aromatic heterocycles. The lowest BCUT2D eigenvalue weighted by Gasteiger charge is -1.94. The van der Waals surface area contributed by atoms with Crippen LogP contribution in [-0.4, -0.2) is 10.0 Å². The Kier molecular flexibility index (Phi) is 4.19. The Hall–Kier alpha value is -0.620. The summed E-state index contributed by atoms with van der Waals surface area (Å²) in [5.74, 6) is -0.00407. The van der Waals surface area contributed by atoms with Gasteiger partial charge in [-0.15, -0.1) is 17.0 Å². The van der Waals surface area contributed by atoms with Gasteiger partial charge >= 0.3 is 0 Å². The highest BCUT2D eigenvalue weighted by Gasteiger charge is 2.07. The van der Waals surface area contributed by atoms with Crippen molar-refractivity contribution in [2.75, 3.05) is 0 Å². The molecule has 1 rings (SSSR count). The number of nitrogens with zero attached hydrogens (tertiary/aromatic N) is 1. The molecule has 0 unspecified atom stereocenters. The number of phenols is 1. The molecule has 0 atom stereocenters. The maximum absolute atomic E-state index is 10.2. The van der Waals surface area contributed by atoms with Crippen molar-refractivity contribution in [3.63, 3.8) is 0 Å². The largest absolute Gasteiger partial charge is 0.507 e. The Morgan fingerprint density at radius 1 is 1.50 bits per heavy atom. The van der Waals surface area contributed by atoms with Crippen LogP contribution in [0.4, 0.5) is 5.69 Å². The Morgan fingerprint density at radius 2 is 2.08 bits per heavy atom. The molecule has 1 aromatic rings. The molecule has 0 saturated carbocycles. The van der Waals surface area contributed by atoms with Crippen LogP contribution in [0.15, 0.2) is 22.7 Å². The second-order valence-corrected chi connectivity index (χ2v) is 2.75. The SMILES string of the molecule is Br.O=[N+]([O-])c1ccc(O)c(Br)c1. The normalized spacial score (nSPS) is 8.75. The summed E-state index contributed by atoms with van der Waals surface area (Å²) in [7, 11) is 0. The fourth-order valence-corrected chi connectivity index (χ4v) is 0.976. The molecular weight excluding hydrogens is 294 g/mol. The molecule has 0 bridgehead atoms. The minimum absolute atomic E-state index is 0. The molecule has 0 spiro atoms. The second kappa shape index (κ2) is 4.42. The highest BCUT2D eigenvalue weighted by atomic mass is 79.9. The van der Waals surface area contributed by atoms with Crippen LogP contribution in [0.2, 0.25) is 0 Å². The maximum Gasteiger partial charge on any atom is 0.270 e. The third-order valence-corrected chi connectivity index (χ3v) is 1.78. The van der Waals surface area contributed by atoms with Crippen LogP contribution in [0.1, 0.15) is 0 Å². The molecule has 0 aliphatic carbocycles. The van der Waals surface area contributed by atoms with Gasteiger partial charge in [0.2, 0.25) is 0 Å². The van der Waals surface area contributed by atoms with Crippen molar-refractivity contribution in [2.45, 2.75) is 0 Å². The Balaban J connectivity index is 0.00000121. The molecule has 0 radical (unpaired) electrons. The van der Waals surface area contributed by atoms with E-state index >= 15 is 0 Å². The monoisotopic (exact) mass is 297 g/mol. The molecule has 6 heteroatoms. The molecule has 1 aromatic carbocycles. The number of halogens is 2. The third kappa shape index (κ3) is 2.46. The Bertz CT molecular complexity index is 303. The van der Waals surface area contributed by atoms with Gasteiger partial charge in [-0.3, -0.25) is 10.1 Å². The molecule has 0 saturated heterocycles. The van der Waals surface area contributed by atoms with Gasteiger partial charge in [0.05, 0.1) is 9.40 Å². The first-order chi connectivity index (χ1) is 5.11. The van der Waals surface area contributed by atoms with Crippen LogP contribution >= 0.6 is 32.9 Å². The van der Waals surface area contributed by atoms with Crippen LogP contribution in [-0.2, 0) is 0 Å². The summed E-state index contributed by atoms with van der Waals surface area (Å²) < 4.78 is 0.326. The van der Waals surface area contributed by atoms with E-state index in [0.717, 1.165) is 0 Å². The molecule has 0 amide bonds. The Labute approximate surface area is 87.3 Å². The number of nitro benzene ring substituents is 1. The van der Waals surface area contributed by atoms with E-state index in [4.69, 9.17) is 5.11 Å². The lowest BCUT2D eigenvalue weighted by Crippen LogP contribution is -1.86. The van der Waals surface area contributed by atoms with Gasteiger partial charge in [-0.25, -0.2) is 0 Å². The molecule has 0 fully saturated rings. The lowest BCUT2D eigenvalue weighted by molar-refractivity contribution is -0.385. The Morgan fingerprint density at radius 3 is 2.50 bits per heavy atom. The van der Waals surface area contributed by atoms with E-state index in [2.05, 4.69) is 15.9 Å². The van der Waals surface area contributed by atoms with Gasteiger partial charge in [-0.1, -0.05) is 0 Å². The van der Waals surface area contributed by atoms with Gasteiger partial charge in [0.25, 0.3) is 5.69 Å². The maximum atomic E-state index is 10.2. The number of hydrogen-bond acceptors (Lipinski definition) is 3. The first-order valence-electron chi connectivity index (χ1n) is 2.74. The standard InChI is InChI=1S/C6H4BrNO3.BrH/c7-5-3-4(8(10)11)1-2-6(5)9;/h1-3,9H;1H. The number of rotatable bonds is 1. The summed E-state index contributed by atoms with van der Waals surface area (Å²) in [6, 6.07) is 3.75. The number of nitro groups is 1. The summed E-state index contributed by atoms with van der Waals surface area (Å²) in [4.78, 5) is 9.64. The van der Waals surface area contributed by atoms with Crippen molar-refractivity contribution < 1.29 is 10.0 Å². The van der Waals surface area contributed by atoms with E-state index in [9.17, 15) is 10.1 Å². The average Bonchev–Trinajstić information content (AvgIpc) is 1.94. The van der Waals surface area contributed by atoms with Gasteiger partial charge in [-0.2, -0.15) is 0 Å². The molecule has 0 aliphatic rings. The predicted molar refractivity (Wildman–Crippen MR) is 52.8 cm³/mol. The van der Waals surface area contributed by atoms with Gasteiger partial charge in [0.1, 0.15) is 5.75 Å². The zero-order chi connectivity index (χ0) is 8.43. The van der Waals surface area contributed by atoms with E-state index in [-0.39, 0.29) is 28.4 Å². The molecule has 1 N–H and O–H groups in total. The number of phenolic OH excluding ortho intramolecular Hbond substituents is 1. The zero-order valence-corrected chi connectivity index (χ0v) is 9.03. The van der Waals surface area contributed by atoms with Gasteiger partial charge in [0.15, 0.2) is 0 Å². The molecule has 66 valence electrons. The smallest absolute Gasteiger partial charge is 0.270 e. The van der Waals surface area contributed by atoms with Crippen molar-refractivity contribution in [1.82, 2.24) is 0 Å². The first kappa shape index (κ1) is 11.4. The number of hydrogen-bond donors (Lipinski definition) is 1. The van der Waals surface area contributed by atoms with Crippen LogP contribution in [0.3, 0.4) is 0 Å². The summed E-state index contributed by atoms with van der Waals surface area (Å²) in [5, 5.41) is 19.1. The molecule has 0 heterocycles. The van der Waals surface area contributed by atoms with Crippen LogP contribution < -0.4 is 0 Å². The number of aromatic hydroxyl groups is 1. The van der Waals surface area contributed by atoms with Gasteiger partial charge < -0.3 is 5.11 Å². The van der Waals surface area contributed by atoms with Gasteiger partial charge in [-0.05, 0) is 22.0 Å². The molecule has 0 aliphatic heterocycles. The average molecular weight is 299 g/mol. The third-order valence-electron chi connectivity index (χ3n) is 1.14. The first-order valence-corrected chi connectivity index (χ1v) is 3.53. The van der Waals surface area contributed by atoms with Crippen molar-refractivity contribution in [1.29, 1.82) is 0 Å². The minimum Gasteiger partial charge on any atom is -0.507 e. The highest BCUT2D eigenvalue weighted by Crippen LogP contribution is 2.27. The van der Waals surface area contributed by atoms with E-state index in [0.29, 0.717) is 4.47 Å². The summed E-state index contributed by atoms with van der Waals surface area (Å²) in [5.41, 5.74) is -0.0466. The quantitative estimate of drug-likeness (QED) is 0.640.